The van der Waals surface area contributed by atoms with Gasteiger partial charge in [-0.25, -0.2) is 9.37 Å². The van der Waals surface area contributed by atoms with Gasteiger partial charge in [0, 0.05) is 37.8 Å². The number of benzene rings is 2. The second-order valence-electron chi connectivity index (χ2n) is 6.49. The summed E-state index contributed by atoms with van der Waals surface area (Å²) in [5.74, 6) is 0.615. The van der Waals surface area contributed by atoms with Gasteiger partial charge < -0.3 is 9.80 Å². The van der Waals surface area contributed by atoms with Crippen LogP contribution in [-0.4, -0.2) is 42.0 Å². The summed E-state index contributed by atoms with van der Waals surface area (Å²) in [6.45, 7) is 2.70. The predicted octanol–water partition coefficient (Wildman–Crippen LogP) is 3.27. The smallest absolute Gasteiger partial charge is 0.227 e. The Morgan fingerprint density at radius 3 is 2.50 bits per heavy atom. The summed E-state index contributed by atoms with van der Waals surface area (Å²) in [4.78, 5) is 21.1. The Balaban J connectivity index is 1.44. The molecule has 0 N–H and O–H groups in total. The zero-order chi connectivity index (χ0) is 17.9. The first kappa shape index (κ1) is 16.5. The minimum absolute atomic E-state index is 0.0272. The van der Waals surface area contributed by atoms with E-state index in [1.807, 2.05) is 29.3 Å². The van der Waals surface area contributed by atoms with Crippen molar-refractivity contribution in [2.75, 3.05) is 31.1 Å². The van der Waals surface area contributed by atoms with E-state index in [9.17, 15) is 9.18 Å². The van der Waals surface area contributed by atoms with Crippen molar-refractivity contribution in [3.63, 3.8) is 0 Å². The van der Waals surface area contributed by atoms with Crippen LogP contribution in [0.5, 0.6) is 0 Å². The number of rotatable bonds is 3. The molecule has 3 aromatic rings. The van der Waals surface area contributed by atoms with Crippen LogP contribution in [0.3, 0.4) is 0 Å². The van der Waals surface area contributed by atoms with E-state index >= 15 is 0 Å². The first-order valence-electron chi connectivity index (χ1n) is 8.82. The highest BCUT2D eigenvalue weighted by molar-refractivity contribution is 5.92. The van der Waals surface area contributed by atoms with Crippen molar-refractivity contribution in [1.82, 2.24) is 9.88 Å². The van der Waals surface area contributed by atoms with Gasteiger partial charge in [0.2, 0.25) is 5.91 Å². The lowest BCUT2D eigenvalue weighted by Gasteiger charge is -2.36. The number of halogens is 1. The number of hydrogen-bond donors (Lipinski definition) is 0. The SMILES string of the molecule is O=C(Cc1ccccc1F)N1CCN(c2nccc3ccccc23)CC1. The van der Waals surface area contributed by atoms with Gasteiger partial charge >= 0.3 is 0 Å². The fourth-order valence-electron chi connectivity index (χ4n) is 3.44. The summed E-state index contributed by atoms with van der Waals surface area (Å²) in [7, 11) is 0. The number of aromatic nitrogens is 1. The average Bonchev–Trinajstić information content (AvgIpc) is 2.69. The molecular formula is C21H20FN3O. The van der Waals surface area contributed by atoms with Crippen LogP contribution in [0, 0.1) is 5.82 Å². The normalized spacial score (nSPS) is 14.7. The molecule has 1 aliphatic rings. The fraction of sp³-hybridized carbons (Fsp3) is 0.238. The Labute approximate surface area is 151 Å². The molecule has 2 aromatic carbocycles. The standard InChI is InChI=1S/C21H20FN3O/c22-19-8-4-2-6-17(19)15-20(26)24-11-13-25(14-12-24)21-18-7-3-1-5-16(18)9-10-23-21/h1-10H,11-15H2. The minimum atomic E-state index is -0.320. The molecule has 132 valence electrons. The van der Waals surface area contributed by atoms with Gasteiger partial charge in [-0.3, -0.25) is 4.79 Å². The Kier molecular flexibility index (Phi) is 4.52. The molecule has 0 bridgehead atoms. The molecule has 26 heavy (non-hydrogen) atoms. The number of piperazine rings is 1. The van der Waals surface area contributed by atoms with E-state index in [0.717, 1.165) is 29.7 Å². The average molecular weight is 349 g/mol. The second kappa shape index (κ2) is 7.12. The fourth-order valence-corrected chi connectivity index (χ4v) is 3.44. The van der Waals surface area contributed by atoms with Gasteiger partial charge in [-0.2, -0.15) is 0 Å². The van der Waals surface area contributed by atoms with Crippen LogP contribution in [0.1, 0.15) is 5.56 Å². The number of fused-ring (bicyclic) bond motifs is 1. The van der Waals surface area contributed by atoms with Gasteiger partial charge in [-0.1, -0.05) is 42.5 Å². The molecule has 1 amide bonds. The summed E-state index contributed by atoms with van der Waals surface area (Å²) in [5.41, 5.74) is 0.454. The van der Waals surface area contributed by atoms with Crippen molar-refractivity contribution in [2.45, 2.75) is 6.42 Å². The third kappa shape index (κ3) is 3.25. The molecule has 0 saturated carbocycles. The van der Waals surface area contributed by atoms with Crippen LogP contribution in [0.4, 0.5) is 10.2 Å². The molecule has 1 aliphatic heterocycles. The highest BCUT2D eigenvalue weighted by atomic mass is 19.1. The number of hydrogen-bond acceptors (Lipinski definition) is 3. The van der Waals surface area contributed by atoms with E-state index in [0.29, 0.717) is 18.7 Å². The summed E-state index contributed by atoms with van der Waals surface area (Å²) in [5, 5.41) is 2.29. The second-order valence-corrected chi connectivity index (χ2v) is 6.49. The topological polar surface area (TPSA) is 36.4 Å². The van der Waals surface area contributed by atoms with Crippen molar-refractivity contribution < 1.29 is 9.18 Å². The Hall–Kier alpha value is -2.95. The van der Waals surface area contributed by atoms with Crippen LogP contribution in [-0.2, 0) is 11.2 Å². The summed E-state index contributed by atoms with van der Waals surface area (Å²) in [6, 6.07) is 16.7. The lowest BCUT2D eigenvalue weighted by molar-refractivity contribution is -0.130. The largest absolute Gasteiger partial charge is 0.353 e. The van der Waals surface area contributed by atoms with Crippen LogP contribution in [0.15, 0.2) is 60.8 Å². The zero-order valence-electron chi connectivity index (χ0n) is 14.4. The van der Waals surface area contributed by atoms with Crippen molar-refractivity contribution in [1.29, 1.82) is 0 Å². The highest BCUT2D eigenvalue weighted by Gasteiger charge is 2.23. The molecular weight excluding hydrogens is 329 g/mol. The molecule has 0 aliphatic carbocycles. The molecule has 0 atom stereocenters. The number of carbonyl (C=O) groups is 1. The van der Waals surface area contributed by atoms with Crippen molar-refractivity contribution in [2.24, 2.45) is 0 Å². The van der Waals surface area contributed by atoms with Crippen LogP contribution in [0.25, 0.3) is 10.8 Å². The quantitative estimate of drug-likeness (QED) is 0.728. The molecule has 2 heterocycles. The van der Waals surface area contributed by atoms with Gasteiger partial charge in [-0.05, 0) is 23.1 Å². The Bertz CT molecular complexity index is 930. The van der Waals surface area contributed by atoms with E-state index in [2.05, 4.69) is 22.0 Å². The number of carbonyl (C=O) groups excluding carboxylic acids is 1. The van der Waals surface area contributed by atoms with Gasteiger partial charge in [0.1, 0.15) is 11.6 Å². The van der Waals surface area contributed by atoms with Crippen LogP contribution in [0.2, 0.25) is 0 Å². The number of amides is 1. The molecule has 4 nitrogen and oxygen atoms in total. The first-order valence-corrected chi connectivity index (χ1v) is 8.82. The highest BCUT2D eigenvalue weighted by Crippen LogP contribution is 2.25. The first-order chi connectivity index (χ1) is 12.7. The maximum absolute atomic E-state index is 13.8. The van der Waals surface area contributed by atoms with Gasteiger partial charge in [0.25, 0.3) is 0 Å². The molecule has 0 unspecified atom stereocenters. The maximum atomic E-state index is 13.8. The van der Waals surface area contributed by atoms with Gasteiger partial charge in [-0.15, -0.1) is 0 Å². The number of pyridine rings is 1. The summed E-state index contributed by atoms with van der Waals surface area (Å²) < 4.78 is 13.8. The van der Waals surface area contributed by atoms with E-state index in [4.69, 9.17) is 0 Å². The molecule has 0 spiro atoms. The Morgan fingerprint density at radius 1 is 0.962 bits per heavy atom. The minimum Gasteiger partial charge on any atom is -0.353 e. The van der Waals surface area contributed by atoms with E-state index in [1.165, 1.54) is 6.07 Å². The predicted molar refractivity (Wildman–Crippen MR) is 101 cm³/mol. The number of nitrogens with zero attached hydrogens (tertiary/aromatic N) is 3. The molecule has 5 heteroatoms. The lowest BCUT2D eigenvalue weighted by atomic mass is 10.1. The molecule has 1 saturated heterocycles. The van der Waals surface area contributed by atoms with E-state index in [1.54, 1.807) is 18.2 Å². The number of anilines is 1. The van der Waals surface area contributed by atoms with Crippen molar-refractivity contribution in [3.8, 4) is 0 Å². The third-order valence-electron chi connectivity index (χ3n) is 4.88. The van der Waals surface area contributed by atoms with Gasteiger partial charge in [0.05, 0.1) is 6.42 Å². The van der Waals surface area contributed by atoms with E-state index in [-0.39, 0.29) is 18.1 Å². The van der Waals surface area contributed by atoms with Crippen molar-refractivity contribution >= 4 is 22.5 Å². The lowest BCUT2D eigenvalue weighted by Crippen LogP contribution is -2.49. The van der Waals surface area contributed by atoms with Crippen LogP contribution < -0.4 is 4.90 Å². The summed E-state index contributed by atoms with van der Waals surface area (Å²) in [6.07, 6.45) is 1.94. The maximum Gasteiger partial charge on any atom is 0.227 e. The molecule has 0 radical (unpaired) electrons. The van der Waals surface area contributed by atoms with E-state index < -0.39 is 0 Å². The monoisotopic (exact) mass is 349 g/mol. The van der Waals surface area contributed by atoms with Crippen LogP contribution >= 0.6 is 0 Å². The summed E-state index contributed by atoms with van der Waals surface area (Å²) >= 11 is 0. The third-order valence-corrected chi connectivity index (χ3v) is 4.88. The molecule has 1 aromatic heterocycles. The molecule has 4 rings (SSSR count). The van der Waals surface area contributed by atoms with Gasteiger partial charge in [0.15, 0.2) is 0 Å². The Morgan fingerprint density at radius 2 is 1.69 bits per heavy atom. The van der Waals surface area contributed by atoms with Crippen molar-refractivity contribution in [3.05, 3.63) is 72.2 Å². The zero-order valence-corrected chi connectivity index (χ0v) is 14.4. The molecule has 1 fully saturated rings.